The Kier molecular flexibility index (Phi) is 4.58. The maximum absolute atomic E-state index is 12.8. The van der Waals surface area contributed by atoms with E-state index in [0.717, 1.165) is 39.5 Å². The van der Waals surface area contributed by atoms with Crippen molar-refractivity contribution in [1.29, 1.82) is 0 Å². The van der Waals surface area contributed by atoms with Crippen molar-refractivity contribution in [2.24, 2.45) is 0 Å². The Labute approximate surface area is 158 Å². The molecule has 0 radical (unpaired) electrons. The molecule has 0 atom stereocenters. The van der Waals surface area contributed by atoms with E-state index in [4.69, 9.17) is 32.9 Å². The molecule has 0 unspecified atom stereocenters. The Bertz CT molecular complexity index is 1010. The molecule has 1 aromatic carbocycles. The summed E-state index contributed by atoms with van der Waals surface area (Å²) in [5, 5.41) is 1.70. The first-order valence-corrected chi connectivity index (χ1v) is 9.68. The molecule has 7 heteroatoms. The Morgan fingerprint density at radius 2 is 2.04 bits per heavy atom. The van der Waals surface area contributed by atoms with Crippen molar-refractivity contribution in [3.05, 3.63) is 49.3 Å². The van der Waals surface area contributed by atoms with Crippen molar-refractivity contribution < 1.29 is 4.74 Å². The van der Waals surface area contributed by atoms with E-state index in [9.17, 15) is 4.79 Å². The molecule has 0 aliphatic carbocycles. The van der Waals surface area contributed by atoms with E-state index >= 15 is 0 Å². The molecule has 0 bridgehead atoms. The van der Waals surface area contributed by atoms with E-state index in [1.54, 1.807) is 12.1 Å². The first kappa shape index (κ1) is 17.0. The van der Waals surface area contributed by atoms with Crippen LogP contribution in [0.15, 0.2) is 23.0 Å². The van der Waals surface area contributed by atoms with E-state index < -0.39 is 0 Å². The molecule has 2 aromatic heterocycles. The fraction of sp³-hybridized carbons (Fsp3) is 0.333. The number of rotatable bonds is 2. The van der Waals surface area contributed by atoms with Gasteiger partial charge in [0.05, 0.1) is 5.39 Å². The van der Waals surface area contributed by atoms with E-state index in [2.05, 4.69) is 4.98 Å². The van der Waals surface area contributed by atoms with Crippen LogP contribution in [-0.4, -0.2) is 23.2 Å². The molecule has 1 saturated heterocycles. The van der Waals surface area contributed by atoms with Gasteiger partial charge < -0.3 is 9.72 Å². The number of hydrogen-bond donors (Lipinski definition) is 1. The topological polar surface area (TPSA) is 55.0 Å². The third kappa shape index (κ3) is 3.10. The van der Waals surface area contributed by atoms with Crippen molar-refractivity contribution in [2.45, 2.75) is 25.7 Å². The van der Waals surface area contributed by atoms with Crippen LogP contribution in [0.2, 0.25) is 10.0 Å². The zero-order valence-corrected chi connectivity index (χ0v) is 15.9. The number of fused-ring (bicyclic) bond motifs is 1. The zero-order valence-electron chi connectivity index (χ0n) is 13.6. The quantitative estimate of drug-likeness (QED) is 0.652. The second-order valence-electron chi connectivity index (χ2n) is 6.18. The minimum absolute atomic E-state index is 0.114. The summed E-state index contributed by atoms with van der Waals surface area (Å²) >= 11 is 13.9. The zero-order chi connectivity index (χ0) is 17.6. The summed E-state index contributed by atoms with van der Waals surface area (Å²) in [6.07, 6.45) is 1.77. The summed E-state index contributed by atoms with van der Waals surface area (Å²) in [6, 6.07) is 5.33. The predicted molar refractivity (Wildman–Crippen MR) is 103 cm³/mol. The van der Waals surface area contributed by atoms with Crippen LogP contribution in [0.1, 0.15) is 29.5 Å². The van der Waals surface area contributed by atoms with Gasteiger partial charge in [-0.25, -0.2) is 4.98 Å². The molecule has 1 aliphatic rings. The smallest absolute Gasteiger partial charge is 0.260 e. The number of aryl methyl sites for hydroxylation is 1. The second-order valence-corrected chi connectivity index (χ2v) is 8.22. The first-order chi connectivity index (χ1) is 12.0. The Balaban J connectivity index is 1.89. The first-order valence-electron chi connectivity index (χ1n) is 8.11. The third-order valence-electron chi connectivity index (χ3n) is 4.56. The van der Waals surface area contributed by atoms with E-state index in [0.29, 0.717) is 28.6 Å². The highest BCUT2D eigenvalue weighted by atomic mass is 35.5. The summed E-state index contributed by atoms with van der Waals surface area (Å²) in [4.78, 5) is 22.3. The van der Waals surface area contributed by atoms with Crippen LogP contribution in [0.3, 0.4) is 0 Å². The molecule has 1 aliphatic heterocycles. The Morgan fingerprint density at radius 3 is 2.76 bits per heavy atom. The van der Waals surface area contributed by atoms with Gasteiger partial charge in [0.2, 0.25) is 0 Å². The number of halogens is 2. The van der Waals surface area contributed by atoms with Crippen molar-refractivity contribution in [2.75, 3.05) is 13.2 Å². The van der Waals surface area contributed by atoms with Crippen LogP contribution in [0.5, 0.6) is 0 Å². The molecular formula is C18H16Cl2N2O2S. The average Bonchev–Trinajstić information content (AvgIpc) is 2.92. The minimum atomic E-state index is -0.114. The highest BCUT2D eigenvalue weighted by Crippen LogP contribution is 2.40. The van der Waals surface area contributed by atoms with Gasteiger partial charge in [0.1, 0.15) is 10.7 Å². The molecule has 1 N–H and O–H groups in total. The van der Waals surface area contributed by atoms with Crippen LogP contribution in [0, 0.1) is 6.92 Å². The summed E-state index contributed by atoms with van der Waals surface area (Å²) in [6.45, 7) is 3.41. The molecule has 25 heavy (non-hydrogen) atoms. The number of nitrogens with zero attached hydrogens (tertiary/aromatic N) is 1. The monoisotopic (exact) mass is 394 g/mol. The third-order valence-corrected chi connectivity index (χ3v) is 6.11. The number of benzene rings is 1. The van der Waals surface area contributed by atoms with Gasteiger partial charge in [-0.05, 0) is 31.9 Å². The predicted octanol–water partition coefficient (Wildman–Crippen LogP) is 5.16. The number of hydrogen-bond acceptors (Lipinski definition) is 4. The molecule has 3 heterocycles. The van der Waals surface area contributed by atoms with Crippen LogP contribution < -0.4 is 5.56 Å². The molecule has 0 saturated carbocycles. The lowest BCUT2D eigenvalue weighted by atomic mass is 9.99. The standard InChI is InChI=1S/C18H16Cl2N2O2S/c1-9-14(12-3-2-11(19)8-13(12)20)15-17(23)21-16(22-18(15)25-9)10-4-6-24-7-5-10/h2-3,8,10H,4-7H2,1H3,(H,21,22,23). The lowest BCUT2D eigenvalue weighted by molar-refractivity contribution is 0.0836. The SMILES string of the molecule is Cc1sc2nc(C3CCOCC3)[nH]c(=O)c2c1-c1ccc(Cl)cc1Cl. The molecule has 4 rings (SSSR count). The van der Waals surface area contributed by atoms with Crippen LogP contribution in [0.25, 0.3) is 21.3 Å². The minimum Gasteiger partial charge on any atom is -0.381 e. The number of aromatic amines is 1. The molecule has 4 nitrogen and oxygen atoms in total. The molecule has 3 aromatic rings. The van der Waals surface area contributed by atoms with E-state index in [-0.39, 0.29) is 11.5 Å². The number of nitrogens with one attached hydrogen (secondary N) is 1. The van der Waals surface area contributed by atoms with Crippen molar-refractivity contribution in [3.63, 3.8) is 0 Å². The maximum atomic E-state index is 12.8. The molecule has 1 fully saturated rings. The van der Waals surface area contributed by atoms with Gasteiger partial charge in [0.25, 0.3) is 5.56 Å². The fourth-order valence-electron chi connectivity index (χ4n) is 3.32. The van der Waals surface area contributed by atoms with Gasteiger partial charge in [0.15, 0.2) is 0 Å². The number of H-pyrrole nitrogens is 1. The largest absolute Gasteiger partial charge is 0.381 e. The summed E-state index contributed by atoms with van der Waals surface area (Å²) in [7, 11) is 0. The molecule has 0 amide bonds. The van der Waals surface area contributed by atoms with Crippen molar-refractivity contribution in [1.82, 2.24) is 9.97 Å². The van der Waals surface area contributed by atoms with E-state index in [1.807, 2.05) is 13.0 Å². The van der Waals surface area contributed by atoms with Crippen LogP contribution in [0.4, 0.5) is 0 Å². The maximum Gasteiger partial charge on any atom is 0.260 e. The Hall–Kier alpha value is -1.40. The number of thiophene rings is 1. The van der Waals surface area contributed by atoms with Crippen molar-refractivity contribution >= 4 is 44.8 Å². The summed E-state index contributed by atoms with van der Waals surface area (Å²) < 4.78 is 5.40. The summed E-state index contributed by atoms with van der Waals surface area (Å²) in [5.41, 5.74) is 1.53. The normalized spacial score (nSPS) is 15.8. The second kappa shape index (κ2) is 6.72. The van der Waals surface area contributed by atoms with E-state index in [1.165, 1.54) is 11.3 Å². The van der Waals surface area contributed by atoms with Gasteiger partial charge in [-0.2, -0.15) is 0 Å². The molecule has 130 valence electrons. The lowest BCUT2D eigenvalue weighted by Gasteiger charge is -2.20. The highest BCUT2D eigenvalue weighted by Gasteiger charge is 2.22. The van der Waals surface area contributed by atoms with Gasteiger partial charge >= 0.3 is 0 Å². The summed E-state index contributed by atoms with van der Waals surface area (Å²) in [5.74, 6) is 1.01. The average molecular weight is 395 g/mol. The fourth-order valence-corrected chi connectivity index (χ4v) is 4.86. The Morgan fingerprint density at radius 1 is 1.28 bits per heavy atom. The van der Waals surface area contributed by atoms with Gasteiger partial charge in [-0.15, -0.1) is 11.3 Å². The number of aromatic nitrogens is 2. The van der Waals surface area contributed by atoms with Crippen LogP contribution >= 0.6 is 34.5 Å². The molecule has 0 spiro atoms. The number of ether oxygens (including phenoxy) is 1. The van der Waals surface area contributed by atoms with Gasteiger partial charge in [-0.1, -0.05) is 29.3 Å². The van der Waals surface area contributed by atoms with Gasteiger partial charge in [-0.3, -0.25) is 4.79 Å². The van der Waals surface area contributed by atoms with Crippen molar-refractivity contribution in [3.8, 4) is 11.1 Å². The lowest BCUT2D eigenvalue weighted by Crippen LogP contribution is -2.20. The van der Waals surface area contributed by atoms with Crippen LogP contribution in [-0.2, 0) is 4.74 Å². The van der Waals surface area contributed by atoms with Gasteiger partial charge in [0, 0.05) is 45.2 Å². The highest BCUT2D eigenvalue weighted by molar-refractivity contribution is 7.19. The molecular weight excluding hydrogens is 379 g/mol.